The van der Waals surface area contributed by atoms with Gasteiger partial charge in [-0.15, -0.1) is 0 Å². The Morgan fingerprint density at radius 2 is 1.62 bits per heavy atom. The number of carboxylic acid groups (broad SMARTS) is 1. The zero-order valence-electron chi connectivity index (χ0n) is 20.9. The summed E-state index contributed by atoms with van der Waals surface area (Å²) in [5.41, 5.74) is 0.682. The Morgan fingerprint density at radius 3 is 2.26 bits per heavy atom. The van der Waals surface area contributed by atoms with Gasteiger partial charge in [0.2, 0.25) is 5.78 Å². The van der Waals surface area contributed by atoms with Gasteiger partial charge in [-0.2, -0.15) is 0 Å². The van der Waals surface area contributed by atoms with Crippen LogP contribution in [0.25, 0.3) is 17.0 Å². The average Bonchev–Trinajstić information content (AvgIpc) is 3.28. The van der Waals surface area contributed by atoms with Gasteiger partial charge in [-0.1, -0.05) is 36.4 Å². The first-order valence-corrected chi connectivity index (χ1v) is 12.1. The molecule has 3 aromatic carbocycles. The minimum Gasteiger partial charge on any atom is -0.508 e. The van der Waals surface area contributed by atoms with E-state index < -0.39 is 35.3 Å². The maximum Gasteiger partial charge on any atom is 0.342 e. The second-order valence-corrected chi connectivity index (χ2v) is 9.23. The Bertz CT molecular complexity index is 1710. The molecule has 0 spiro atoms. The van der Waals surface area contributed by atoms with Crippen molar-refractivity contribution in [3.8, 4) is 17.0 Å². The van der Waals surface area contributed by atoms with Gasteiger partial charge in [-0.3, -0.25) is 9.69 Å². The number of phenolic OH excluding ortho intramolecular Hbond substituents is 1. The molecule has 39 heavy (non-hydrogen) atoms. The number of hydrogen-bond donors (Lipinski definition) is 2. The van der Waals surface area contributed by atoms with Crippen molar-refractivity contribution >= 4 is 11.7 Å². The zero-order valence-corrected chi connectivity index (χ0v) is 20.9. The van der Waals surface area contributed by atoms with Gasteiger partial charge in [-0.25, -0.2) is 23.0 Å². The van der Waals surface area contributed by atoms with E-state index in [0.717, 1.165) is 23.9 Å². The highest BCUT2D eigenvalue weighted by Crippen LogP contribution is 2.27. The monoisotopic (exact) mass is 530 g/mol. The van der Waals surface area contributed by atoms with Crippen LogP contribution in [0.2, 0.25) is 0 Å². The van der Waals surface area contributed by atoms with Crippen LogP contribution in [0.3, 0.4) is 0 Å². The summed E-state index contributed by atoms with van der Waals surface area (Å²) in [7, 11) is 1.85. The summed E-state index contributed by atoms with van der Waals surface area (Å²) in [6, 6.07) is 19.3. The molecule has 0 unspecified atom stereocenters. The summed E-state index contributed by atoms with van der Waals surface area (Å²) in [6.07, 6.45) is 1.05. The SMILES string of the molecule is CN(Cc1ccccc1)Cc1c(-c2ccc(O)cc2)nc2n(Cc3c(F)cccc3F)cc(C(=O)O)c(=O)n12. The zero-order chi connectivity index (χ0) is 27.7. The van der Waals surface area contributed by atoms with E-state index in [1.807, 2.05) is 42.3 Å². The average molecular weight is 531 g/mol. The van der Waals surface area contributed by atoms with Gasteiger partial charge in [0.15, 0.2) is 0 Å². The van der Waals surface area contributed by atoms with E-state index in [2.05, 4.69) is 4.98 Å². The van der Waals surface area contributed by atoms with Gasteiger partial charge >= 0.3 is 5.97 Å². The molecule has 2 aromatic heterocycles. The number of imidazole rings is 1. The molecule has 0 bridgehead atoms. The molecule has 0 saturated heterocycles. The highest BCUT2D eigenvalue weighted by atomic mass is 19.1. The molecule has 0 radical (unpaired) electrons. The van der Waals surface area contributed by atoms with E-state index >= 15 is 0 Å². The fourth-order valence-electron chi connectivity index (χ4n) is 4.56. The van der Waals surface area contributed by atoms with Crippen molar-refractivity contribution in [2.24, 2.45) is 0 Å². The summed E-state index contributed by atoms with van der Waals surface area (Å²) >= 11 is 0. The molecule has 8 nitrogen and oxygen atoms in total. The van der Waals surface area contributed by atoms with Crippen LogP contribution in [0.4, 0.5) is 8.78 Å². The predicted octanol–water partition coefficient (Wildman–Crippen LogP) is 4.53. The first kappa shape index (κ1) is 25.8. The quantitative estimate of drug-likeness (QED) is 0.306. The lowest BCUT2D eigenvalue weighted by Crippen LogP contribution is -2.28. The first-order valence-electron chi connectivity index (χ1n) is 12.1. The molecular weight excluding hydrogens is 506 g/mol. The fraction of sp³-hybridized carbons (Fsp3) is 0.138. The molecule has 0 aliphatic heterocycles. The van der Waals surface area contributed by atoms with Gasteiger partial charge < -0.3 is 14.8 Å². The number of aromatic carboxylic acids is 1. The van der Waals surface area contributed by atoms with Crippen LogP contribution in [0, 0.1) is 11.6 Å². The van der Waals surface area contributed by atoms with Crippen molar-refractivity contribution in [1.82, 2.24) is 18.9 Å². The third kappa shape index (κ3) is 5.14. The summed E-state index contributed by atoms with van der Waals surface area (Å²) in [6.45, 7) is 0.322. The number of rotatable bonds is 8. The minimum absolute atomic E-state index is 0.0267. The van der Waals surface area contributed by atoms with E-state index in [9.17, 15) is 28.6 Å². The number of carboxylic acids is 1. The first-order chi connectivity index (χ1) is 18.7. The number of phenols is 1. The maximum absolute atomic E-state index is 14.6. The lowest BCUT2D eigenvalue weighted by atomic mass is 10.1. The Balaban J connectivity index is 1.73. The van der Waals surface area contributed by atoms with E-state index in [-0.39, 0.29) is 23.6 Å². The summed E-state index contributed by atoms with van der Waals surface area (Å²) in [5, 5.41) is 19.6. The summed E-state index contributed by atoms with van der Waals surface area (Å²) < 4.78 is 31.6. The van der Waals surface area contributed by atoms with E-state index in [1.165, 1.54) is 27.2 Å². The topological polar surface area (TPSA) is 100 Å². The van der Waals surface area contributed by atoms with Crippen molar-refractivity contribution in [2.45, 2.75) is 19.6 Å². The molecule has 198 valence electrons. The van der Waals surface area contributed by atoms with Gasteiger partial charge in [0.05, 0.1) is 17.9 Å². The number of nitrogens with zero attached hydrogens (tertiary/aromatic N) is 4. The van der Waals surface area contributed by atoms with Crippen LogP contribution in [0.15, 0.2) is 83.8 Å². The Hall–Kier alpha value is -4.83. The highest BCUT2D eigenvalue weighted by molar-refractivity contribution is 5.87. The molecule has 0 fully saturated rings. The van der Waals surface area contributed by atoms with Crippen LogP contribution in [-0.2, 0) is 19.6 Å². The van der Waals surface area contributed by atoms with Gasteiger partial charge in [0, 0.05) is 30.4 Å². The lowest BCUT2D eigenvalue weighted by molar-refractivity contribution is 0.0693. The van der Waals surface area contributed by atoms with Crippen molar-refractivity contribution in [3.05, 3.63) is 123 Å². The molecule has 10 heteroatoms. The van der Waals surface area contributed by atoms with E-state index in [0.29, 0.717) is 23.5 Å². The largest absolute Gasteiger partial charge is 0.508 e. The molecule has 2 heterocycles. The third-order valence-electron chi connectivity index (χ3n) is 6.41. The highest BCUT2D eigenvalue weighted by Gasteiger charge is 2.24. The van der Waals surface area contributed by atoms with Crippen LogP contribution >= 0.6 is 0 Å². The number of hydrogen-bond acceptors (Lipinski definition) is 5. The molecule has 0 aliphatic carbocycles. The lowest BCUT2D eigenvalue weighted by Gasteiger charge is -2.18. The Morgan fingerprint density at radius 1 is 0.949 bits per heavy atom. The molecular formula is C29H24F2N4O4. The number of halogens is 2. The van der Waals surface area contributed by atoms with Crippen molar-refractivity contribution in [2.75, 3.05) is 7.05 Å². The maximum atomic E-state index is 14.6. The molecule has 5 rings (SSSR count). The van der Waals surface area contributed by atoms with Crippen LogP contribution in [0.1, 0.15) is 27.2 Å². The Labute approximate surface area is 221 Å². The number of aromatic nitrogens is 3. The van der Waals surface area contributed by atoms with Crippen LogP contribution in [0.5, 0.6) is 5.75 Å². The summed E-state index contributed by atoms with van der Waals surface area (Å²) in [5.74, 6) is -3.03. The summed E-state index contributed by atoms with van der Waals surface area (Å²) in [4.78, 5) is 32.2. The minimum atomic E-state index is -1.48. The standard InChI is InChI=1S/C29H24F2N4O4/c1-33(14-18-6-3-2-4-7-18)17-25-26(19-10-12-20(36)13-11-19)32-29-34(15-21-23(30)8-5-9-24(21)31)16-22(28(38)39)27(37)35(25)29/h2-13,16,36H,14-15,17H2,1H3,(H,38,39). The van der Waals surface area contributed by atoms with Crippen LogP contribution < -0.4 is 5.56 Å². The second kappa shape index (κ2) is 10.5. The molecule has 2 N–H and O–H groups in total. The number of carbonyl (C=O) groups is 1. The molecule has 0 aliphatic rings. The Kier molecular flexibility index (Phi) is 6.95. The van der Waals surface area contributed by atoms with Crippen molar-refractivity contribution < 1.29 is 23.8 Å². The number of fused-ring (bicyclic) bond motifs is 1. The van der Waals surface area contributed by atoms with Gasteiger partial charge in [0.1, 0.15) is 22.9 Å². The van der Waals surface area contributed by atoms with Gasteiger partial charge in [0.25, 0.3) is 5.56 Å². The predicted molar refractivity (Wildman–Crippen MR) is 141 cm³/mol. The second-order valence-electron chi connectivity index (χ2n) is 9.23. The number of benzene rings is 3. The van der Waals surface area contributed by atoms with Crippen LogP contribution in [-0.4, -0.2) is 42.1 Å². The third-order valence-corrected chi connectivity index (χ3v) is 6.41. The molecule has 0 saturated carbocycles. The van der Waals surface area contributed by atoms with Crippen molar-refractivity contribution in [3.63, 3.8) is 0 Å². The van der Waals surface area contributed by atoms with E-state index in [4.69, 9.17) is 0 Å². The number of aromatic hydroxyl groups is 1. The smallest absolute Gasteiger partial charge is 0.342 e. The van der Waals surface area contributed by atoms with E-state index in [1.54, 1.807) is 12.1 Å². The van der Waals surface area contributed by atoms with Gasteiger partial charge in [-0.05, 0) is 49.0 Å². The molecule has 5 aromatic rings. The fourth-order valence-corrected chi connectivity index (χ4v) is 4.56. The van der Waals surface area contributed by atoms with Crippen molar-refractivity contribution in [1.29, 1.82) is 0 Å². The molecule has 0 amide bonds. The normalized spacial score (nSPS) is 11.4. The molecule has 0 atom stereocenters.